The lowest BCUT2D eigenvalue weighted by atomic mass is 10.2. The lowest BCUT2D eigenvalue weighted by molar-refractivity contribution is 0.416. The molecule has 2 aromatic rings. The van der Waals surface area contributed by atoms with Crippen molar-refractivity contribution >= 4 is 17.5 Å². The Labute approximate surface area is 132 Å². The van der Waals surface area contributed by atoms with Gasteiger partial charge in [-0.3, -0.25) is 0 Å². The van der Waals surface area contributed by atoms with Crippen LogP contribution in [0.3, 0.4) is 0 Å². The maximum Gasteiger partial charge on any atom is 0.224 e. The Hall–Kier alpha value is -2.30. The van der Waals surface area contributed by atoms with Crippen LogP contribution in [0.25, 0.3) is 0 Å². The minimum atomic E-state index is 0.655. The second-order valence-corrected chi connectivity index (χ2v) is 5.33. The number of aromatic nitrogens is 2. The van der Waals surface area contributed by atoms with Crippen LogP contribution in [0.1, 0.15) is 31.0 Å². The van der Waals surface area contributed by atoms with E-state index in [-0.39, 0.29) is 0 Å². The Kier molecular flexibility index (Phi) is 5.58. The fraction of sp³-hybridized carbons (Fsp3) is 0.412. The van der Waals surface area contributed by atoms with Gasteiger partial charge in [-0.15, -0.1) is 0 Å². The van der Waals surface area contributed by atoms with Gasteiger partial charge in [-0.1, -0.05) is 19.4 Å². The van der Waals surface area contributed by atoms with Crippen LogP contribution in [0.5, 0.6) is 5.75 Å². The van der Waals surface area contributed by atoms with Gasteiger partial charge >= 0.3 is 0 Å². The summed E-state index contributed by atoms with van der Waals surface area (Å²) in [7, 11) is 1.67. The monoisotopic (exact) mass is 300 g/mol. The zero-order chi connectivity index (χ0) is 15.9. The predicted octanol–water partition coefficient (Wildman–Crippen LogP) is 4.06. The lowest BCUT2D eigenvalue weighted by Gasteiger charge is -2.13. The quantitative estimate of drug-likeness (QED) is 0.755. The highest BCUT2D eigenvalue weighted by atomic mass is 16.5. The van der Waals surface area contributed by atoms with E-state index >= 15 is 0 Å². The molecule has 0 radical (unpaired) electrons. The lowest BCUT2D eigenvalue weighted by Crippen LogP contribution is -2.07. The van der Waals surface area contributed by atoms with Gasteiger partial charge < -0.3 is 15.4 Å². The van der Waals surface area contributed by atoms with Crippen LogP contribution in [0.2, 0.25) is 0 Å². The molecule has 5 nitrogen and oxygen atoms in total. The molecule has 2 rings (SSSR count). The van der Waals surface area contributed by atoms with Crippen LogP contribution in [-0.2, 0) is 0 Å². The highest BCUT2D eigenvalue weighted by Crippen LogP contribution is 2.28. The first kappa shape index (κ1) is 16.1. The van der Waals surface area contributed by atoms with Gasteiger partial charge in [-0.2, -0.15) is 4.98 Å². The molecule has 0 saturated heterocycles. The Morgan fingerprint density at radius 3 is 2.68 bits per heavy atom. The van der Waals surface area contributed by atoms with Crippen molar-refractivity contribution < 1.29 is 4.74 Å². The third kappa shape index (κ3) is 4.35. The third-order valence-electron chi connectivity index (χ3n) is 3.29. The summed E-state index contributed by atoms with van der Waals surface area (Å²) in [6.45, 7) is 7.06. The van der Waals surface area contributed by atoms with Crippen molar-refractivity contribution in [3.05, 3.63) is 35.5 Å². The summed E-state index contributed by atoms with van der Waals surface area (Å²) in [5.41, 5.74) is 2.98. The topological polar surface area (TPSA) is 59.1 Å². The van der Waals surface area contributed by atoms with E-state index in [0.29, 0.717) is 5.95 Å². The van der Waals surface area contributed by atoms with E-state index in [1.807, 2.05) is 38.1 Å². The van der Waals surface area contributed by atoms with Gasteiger partial charge in [-0.05, 0) is 38.0 Å². The van der Waals surface area contributed by atoms with E-state index in [1.165, 1.54) is 0 Å². The number of benzene rings is 1. The fourth-order valence-electron chi connectivity index (χ4n) is 2.15. The van der Waals surface area contributed by atoms with E-state index in [0.717, 1.165) is 47.9 Å². The normalized spacial score (nSPS) is 10.4. The predicted molar refractivity (Wildman–Crippen MR) is 91.2 cm³/mol. The minimum Gasteiger partial charge on any atom is -0.495 e. The van der Waals surface area contributed by atoms with E-state index in [2.05, 4.69) is 27.5 Å². The molecule has 0 spiro atoms. The Bertz CT molecular complexity index is 628. The van der Waals surface area contributed by atoms with E-state index in [1.54, 1.807) is 7.11 Å². The highest BCUT2D eigenvalue weighted by molar-refractivity contribution is 5.65. The molecular formula is C17H24N4O. The zero-order valence-electron chi connectivity index (χ0n) is 13.7. The van der Waals surface area contributed by atoms with E-state index in [4.69, 9.17) is 4.74 Å². The summed E-state index contributed by atoms with van der Waals surface area (Å²) < 4.78 is 5.39. The number of aryl methyl sites for hydroxylation is 2. The number of methoxy groups -OCH3 is 1. The van der Waals surface area contributed by atoms with Crippen LogP contribution in [0, 0.1) is 13.8 Å². The van der Waals surface area contributed by atoms with Gasteiger partial charge in [0.25, 0.3) is 0 Å². The molecule has 0 aliphatic carbocycles. The van der Waals surface area contributed by atoms with E-state index in [9.17, 15) is 0 Å². The maximum atomic E-state index is 5.39. The zero-order valence-corrected chi connectivity index (χ0v) is 13.7. The molecule has 2 N–H and O–H groups in total. The first-order valence-corrected chi connectivity index (χ1v) is 7.63. The van der Waals surface area contributed by atoms with Crippen LogP contribution < -0.4 is 15.4 Å². The first-order chi connectivity index (χ1) is 10.6. The van der Waals surface area contributed by atoms with Crippen LogP contribution in [0.15, 0.2) is 24.3 Å². The fourth-order valence-corrected chi connectivity index (χ4v) is 2.15. The number of unbranched alkanes of at least 4 members (excludes halogenated alkanes) is 1. The van der Waals surface area contributed by atoms with Crippen molar-refractivity contribution in [2.24, 2.45) is 0 Å². The molecule has 0 atom stereocenters. The van der Waals surface area contributed by atoms with Crippen molar-refractivity contribution in [3.63, 3.8) is 0 Å². The van der Waals surface area contributed by atoms with Crippen molar-refractivity contribution in [2.75, 3.05) is 24.3 Å². The average molecular weight is 300 g/mol. The summed E-state index contributed by atoms with van der Waals surface area (Å²) in [5, 5.41) is 6.58. The van der Waals surface area contributed by atoms with Crippen LogP contribution >= 0.6 is 0 Å². The van der Waals surface area contributed by atoms with E-state index < -0.39 is 0 Å². The molecule has 5 heteroatoms. The molecule has 0 saturated carbocycles. The standard InChI is InChI=1S/C17H24N4O/c1-5-6-9-18-17-19-13(3)11-16(21-17)20-14-10-12(2)7-8-15(14)22-4/h7-8,10-11H,5-6,9H2,1-4H3,(H2,18,19,20,21). The van der Waals surface area contributed by atoms with Crippen molar-refractivity contribution in [1.82, 2.24) is 9.97 Å². The van der Waals surface area contributed by atoms with Gasteiger partial charge in [0.2, 0.25) is 5.95 Å². The Morgan fingerprint density at radius 1 is 1.14 bits per heavy atom. The molecular weight excluding hydrogens is 276 g/mol. The SMILES string of the molecule is CCCCNc1nc(C)cc(Nc2cc(C)ccc2OC)n1. The number of anilines is 3. The second-order valence-electron chi connectivity index (χ2n) is 5.33. The molecule has 0 fully saturated rings. The second kappa shape index (κ2) is 7.64. The number of nitrogens with one attached hydrogen (secondary N) is 2. The molecule has 0 aliphatic rings. The van der Waals surface area contributed by atoms with Crippen molar-refractivity contribution in [2.45, 2.75) is 33.6 Å². The van der Waals surface area contributed by atoms with Gasteiger partial charge in [-0.25, -0.2) is 4.98 Å². The number of hydrogen-bond donors (Lipinski definition) is 2. The number of nitrogens with zero attached hydrogens (tertiary/aromatic N) is 2. The highest BCUT2D eigenvalue weighted by Gasteiger charge is 2.07. The number of ether oxygens (including phenoxy) is 1. The molecule has 0 aliphatic heterocycles. The molecule has 1 heterocycles. The van der Waals surface area contributed by atoms with Gasteiger partial charge in [0, 0.05) is 18.3 Å². The van der Waals surface area contributed by atoms with Crippen LogP contribution in [-0.4, -0.2) is 23.6 Å². The smallest absolute Gasteiger partial charge is 0.224 e. The van der Waals surface area contributed by atoms with Gasteiger partial charge in [0.05, 0.1) is 12.8 Å². The molecule has 0 bridgehead atoms. The molecule has 118 valence electrons. The summed E-state index contributed by atoms with van der Waals surface area (Å²) in [4.78, 5) is 8.93. The van der Waals surface area contributed by atoms with Crippen molar-refractivity contribution in [1.29, 1.82) is 0 Å². The average Bonchev–Trinajstić information content (AvgIpc) is 2.47. The Morgan fingerprint density at radius 2 is 1.95 bits per heavy atom. The molecule has 1 aromatic heterocycles. The first-order valence-electron chi connectivity index (χ1n) is 7.63. The third-order valence-corrected chi connectivity index (χ3v) is 3.29. The Balaban J connectivity index is 2.20. The van der Waals surface area contributed by atoms with Gasteiger partial charge in [0.1, 0.15) is 11.6 Å². The number of hydrogen-bond acceptors (Lipinski definition) is 5. The summed E-state index contributed by atoms with van der Waals surface area (Å²) in [6, 6.07) is 7.94. The minimum absolute atomic E-state index is 0.655. The maximum absolute atomic E-state index is 5.39. The van der Waals surface area contributed by atoms with Crippen molar-refractivity contribution in [3.8, 4) is 5.75 Å². The summed E-state index contributed by atoms with van der Waals surface area (Å²) in [5.74, 6) is 2.21. The molecule has 0 unspecified atom stereocenters. The molecule has 1 aromatic carbocycles. The largest absolute Gasteiger partial charge is 0.495 e. The van der Waals surface area contributed by atoms with Gasteiger partial charge in [0.15, 0.2) is 0 Å². The summed E-state index contributed by atoms with van der Waals surface area (Å²) in [6.07, 6.45) is 2.25. The summed E-state index contributed by atoms with van der Waals surface area (Å²) >= 11 is 0. The van der Waals surface area contributed by atoms with Crippen LogP contribution in [0.4, 0.5) is 17.5 Å². The molecule has 22 heavy (non-hydrogen) atoms. The molecule has 0 amide bonds. The number of rotatable bonds is 7.